The van der Waals surface area contributed by atoms with Gasteiger partial charge < -0.3 is 20.3 Å². The van der Waals surface area contributed by atoms with Gasteiger partial charge in [0.2, 0.25) is 0 Å². The predicted octanol–water partition coefficient (Wildman–Crippen LogP) is 4.13. The van der Waals surface area contributed by atoms with Crippen LogP contribution in [-0.4, -0.2) is 47.9 Å². The van der Waals surface area contributed by atoms with Crippen LogP contribution in [0.3, 0.4) is 0 Å². The molecule has 1 aromatic heterocycles. The van der Waals surface area contributed by atoms with Crippen LogP contribution in [0.2, 0.25) is 0 Å². The Labute approximate surface area is 152 Å². The number of benzene rings is 2. The molecule has 1 unspecified atom stereocenters. The van der Waals surface area contributed by atoms with Crippen LogP contribution in [0.5, 0.6) is 5.88 Å². The maximum absolute atomic E-state index is 13.5. The molecule has 0 bridgehead atoms. The molecule has 0 radical (unpaired) electrons. The van der Waals surface area contributed by atoms with Crippen molar-refractivity contribution in [3.63, 3.8) is 0 Å². The van der Waals surface area contributed by atoms with E-state index in [-0.39, 0.29) is 11.7 Å². The third-order valence-electron chi connectivity index (χ3n) is 4.04. The monoisotopic (exact) mass is 354 g/mol. The van der Waals surface area contributed by atoms with E-state index in [9.17, 15) is 9.50 Å². The number of aliphatic imine (C=N–C) groups is 1. The van der Waals surface area contributed by atoms with E-state index in [0.29, 0.717) is 22.5 Å². The molecule has 0 amide bonds. The van der Waals surface area contributed by atoms with Crippen LogP contribution in [-0.2, 0) is 0 Å². The fourth-order valence-corrected chi connectivity index (χ4v) is 2.96. The van der Waals surface area contributed by atoms with Gasteiger partial charge in [0.1, 0.15) is 5.82 Å². The lowest BCUT2D eigenvalue weighted by molar-refractivity contribution is 0.392. The van der Waals surface area contributed by atoms with Crippen molar-refractivity contribution in [2.45, 2.75) is 13.0 Å². The van der Waals surface area contributed by atoms with E-state index in [1.54, 1.807) is 12.3 Å². The number of halogens is 1. The zero-order chi connectivity index (χ0) is 18.7. The van der Waals surface area contributed by atoms with Gasteiger partial charge in [-0.25, -0.2) is 4.39 Å². The molecule has 0 aliphatic heterocycles. The number of aromatic amines is 1. The Balaban J connectivity index is 1.75. The second kappa shape index (κ2) is 7.58. The molecule has 0 fully saturated rings. The number of fused-ring (bicyclic) bond motifs is 1. The molecule has 1 atom stereocenters. The second-order valence-electron chi connectivity index (χ2n) is 6.69. The molecular weight excluding hydrogens is 331 g/mol. The van der Waals surface area contributed by atoms with Gasteiger partial charge in [-0.15, -0.1) is 0 Å². The Morgan fingerprint density at radius 2 is 1.96 bits per heavy atom. The van der Waals surface area contributed by atoms with Crippen LogP contribution in [0.1, 0.15) is 12.5 Å². The van der Waals surface area contributed by atoms with Crippen molar-refractivity contribution in [1.82, 2.24) is 9.88 Å². The molecule has 3 N–H and O–H groups in total. The van der Waals surface area contributed by atoms with Crippen molar-refractivity contribution in [3.8, 4) is 5.88 Å². The highest BCUT2D eigenvalue weighted by molar-refractivity contribution is 6.02. The lowest BCUT2D eigenvalue weighted by atomic mass is 10.2. The minimum atomic E-state index is -0.353. The SMILES string of the molecule is CC(CN(C)C)Nc1ccc(N=Cc2c(O)[nH]c3ccc(F)cc23)cc1. The zero-order valence-corrected chi connectivity index (χ0v) is 15.1. The minimum absolute atomic E-state index is 0.0230. The van der Waals surface area contributed by atoms with Crippen molar-refractivity contribution >= 4 is 28.5 Å². The van der Waals surface area contributed by atoms with Gasteiger partial charge >= 0.3 is 0 Å². The molecule has 3 aromatic rings. The molecule has 0 saturated heterocycles. The Morgan fingerprint density at radius 1 is 1.23 bits per heavy atom. The normalized spacial score (nSPS) is 13.0. The van der Waals surface area contributed by atoms with Crippen molar-refractivity contribution < 1.29 is 9.50 Å². The number of hydrogen-bond acceptors (Lipinski definition) is 4. The number of hydrogen-bond donors (Lipinski definition) is 3. The van der Waals surface area contributed by atoms with Crippen molar-refractivity contribution in [3.05, 3.63) is 53.8 Å². The molecule has 6 heteroatoms. The summed E-state index contributed by atoms with van der Waals surface area (Å²) in [7, 11) is 4.09. The third kappa shape index (κ3) is 4.21. The van der Waals surface area contributed by atoms with Gasteiger partial charge in [0.15, 0.2) is 5.88 Å². The smallest absolute Gasteiger partial charge is 0.198 e. The predicted molar refractivity (Wildman–Crippen MR) is 105 cm³/mol. The molecule has 5 nitrogen and oxygen atoms in total. The molecule has 136 valence electrons. The first kappa shape index (κ1) is 17.9. The van der Waals surface area contributed by atoms with Crippen LogP contribution in [0, 0.1) is 5.82 Å². The van der Waals surface area contributed by atoms with E-state index in [2.05, 4.69) is 27.1 Å². The number of H-pyrrole nitrogens is 1. The van der Waals surface area contributed by atoms with Gasteiger partial charge in [0.05, 0.1) is 11.3 Å². The summed E-state index contributed by atoms with van der Waals surface area (Å²) < 4.78 is 13.5. The molecule has 0 saturated carbocycles. The summed E-state index contributed by atoms with van der Waals surface area (Å²) >= 11 is 0. The maximum atomic E-state index is 13.5. The van der Waals surface area contributed by atoms with Crippen LogP contribution in [0.15, 0.2) is 47.5 Å². The Morgan fingerprint density at radius 3 is 2.65 bits per heavy atom. The van der Waals surface area contributed by atoms with Crippen molar-refractivity contribution in [1.29, 1.82) is 0 Å². The van der Waals surface area contributed by atoms with Crippen molar-refractivity contribution in [2.24, 2.45) is 4.99 Å². The highest BCUT2D eigenvalue weighted by Gasteiger charge is 2.09. The number of aromatic nitrogens is 1. The number of likely N-dealkylation sites (N-methyl/N-ethyl adjacent to an activating group) is 1. The number of nitrogens with zero attached hydrogens (tertiary/aromatic N) is 2. The molecular formula is C20H23FN4O. The van der Waals surface area contributed by atoms with Gasteiger partial charge in [0.25, 0.3) is 0 Å². The second-order valence-corrected chi connectivity index (χ2v) is 6.69. The molecule has 0 spiro atoms. The standard InChI is InChI=1S/C20H23FN4O/c1-13(12-25(2)3)23-16-7-5-15(6-8-16)22-11-18-17-10-14(21)4-9-19(17)24-20(18)26/h4-11,13,23-24,26H,12H2,1-3H3. The topological polar surface area (TPSA) is 63.6 Å². The van der Waals surface area contributed by atoms with E-state index >= 15 is 0 Å². The largest absolute Gasteiger partial charge is 0.494 e. The maximum Gasteiger partial charge on any atom is 0.198 e. The van der Waals surface area contributed by atoms with Crippen LogP contribution < -0.4 is 5.32 Å². The van der Waals surface area contributed by atoms with E-state index in [1.807, 2.05) is 38.4 Å². The first-order chi connectivity index (χ1) is 12.4. The van der Waals surface area contributed by atoms with Crippen LogP contribution >= 0.6 is 0 Å². The first-order valence-electron chi connectivity index (χ1n) is 8.48. The van der Waals surface area contributed by atoms with E-state index in [0.717, 1.165) is 17.9 Å². The third-order valence-corrected chi connectivity index (χ3v) is 4.04. The van der Waals surface area contributed by atoms with E-state index in [1.165, 1.54) is 12.1 Å². The summed E-state index contributed by atoms with van der Waals surface area (Å²) in [6.45, 7) is 3.07. The lowest BCUT2D eigenvalue weighted by Gasteiger charge is -2.19. The summed E-state index contributed by atoms with van der Waals surface area (Å²) in [5.41, 5.74) is 2.91. The van der Waals surface area contributed by atoms with Gasteiger partial charge in [-0.2, -0.15) is 0 Å². The van der Waals surface area contributed by atoms with Gasteiger partial charge in [0, 0.05) is 35.4 Å². The molecule has 2 aromatic carbocycles. The van der Waals surface area contributed by atoms with E-state index < -0.39 is 0 Å². The molecule has 1 heterocycles. The summed E-state index contributed by atoms with van der Waals surface area (Å²) in [4.78, 5) is 9.35. The summed E-state index contributed by atoms with van der Waals surface area (Å²) in [5.74, 6) is -0.376. The van der Waals surface area contributed by atoms with E-state index in [4.69, 9.17) is 0 Å². The molecule has 0 aliphatic carbocycles. The lowest BCUT2D eigenvalue weighted by Crippen LogP contribution is -2.29. The quantitative estimate of drug-likeness (QED) is 0.583. The van der Waals surface area contributed by atoms with Crippen LogP contribution in [0.25, 0.3) is 10.9 Å². The van der Waals surface area contributed by atoms with Crippen LogP contribution in [0.4, 0.5) is 15.8 Å². The molecule has 26 heavy (non-hydrogen) atoms. The van der Waals surface area contributed by atoms with Gasteiger partial charge in [-0.3, -0.25) is 4.99 Å². The summed E-state index contributed by atoms with van der Waals surface area (Å²) in [5, 5.41) is 14.1. The average Bonchev–Trinajstić information content (AvgIpc) is 2.88. The number of nitrogens with one attached hydrogen (secondary N) is 2. The Hall–Kier alpha value is -2.86. The minimum Gasteiger partial charge on any atom is -0.494 e. The fraction of sp³-hybridized carbons (Fsp3) is 0.250. The highest BCUT2D eigenvalue weighted by Crippen LogP contribution is 2.27. The van der Waals surface area contributed by atoms with Gasteiger partial charge in [-0.05, 0) is 63.5 Å². The molecule has 3 rings (SSSR count). The summed E-state index contributed by atoms with van der Waals surface area (Å²) in [6, 6.07) is 12.4. The number of anilines is 1. The Bertz CT molecular complexity index is 915. The number of aromatic hydroxyl groups is 1. The van der Waals surface area contributed by atoms with Gasteiger partial charge in [-0.1, -0.05) is 0 Å². The number of rotatable bonds is 6. The Kier molecular flexibility index (Phi) is 5.23. The average molecular weight is 354 g/mol. The first-order valence-corrected chi connectivity index (χ1v) is 8.48. The molecule has 0 aliphatic rings. The fourth-order valence-electron chi connectivity index (χ4n) is 2.96. The van der Waals surface area contributed by atoms with Crippen molar-refractivity contribution in [2.75, 3.05) is 26.0 Å². The summed E-state index contributed by atoms with van der Waals surface area (Å²) in [6.07, 6.45) is 1.55. The zero-order valence-electron chi connectivity index (χ0n) is 15.1. The highest BCUT2D eigenvalue weighted by atomic mass is 19.1.